The molecule has 5 heteroatoms. The number of nitrogens with zero attached hydrogens (tertiary/aromatic N) is 1. The second-order valence-electron chi connectivity index (χ2n) is 8.71. The molecule has 4 aliphatic rings. The zero-order valence-corrected chi connectivity index (χ0v) is 16.3. The highest BCUT2D eigenvalue weighted by molar-refractivity contribution is 5.70. The smallest absolute Gasteiger partial charge is 0.410 e. The van der Waals surface area contributed by atoms with Crippen LogP contribution in [0.2, 0.25) is 0 Å². The number of carbonyl (C=O) groups excluding carboxylic acids is 1. The van der Waals surface area contributed by atoms with Gasteiger partial charge in [0.1, 0.15) is 17.6 Å². The molecular weight excluding hydrogens is 372 g/mol. The summed E-state index contributed by atoms with van der Waals surface area (Å²) in [7, 11) is 0. The van der Waals surface area contributed by atoms with Crippen molar-refractivity contribution in [1.82, 2.24) is 4.90 Å². The number of alkyl halides is 1. The molecule has 1 amide bonds. The molecule has 2 aromatic carbocycles. The first-order valence-corrected chi connectivity index (χ1v) is 10.5. The first-order valence-electron chi connectivity index (χ1n) is 10.5. The van der Waals surface area contributed by atoms with Gasteiger partial charge in [0, 0.05) is 13.0 Å². The third kappa shape index (κ3) is 3.41. The molecule has 3 fully saturated rings. The van der Waals surface area contributed by atoms with Gasteiger partial charge in [0.15, 0.2) is 0 Å². The van der Waals surface area contributed by atoms with E-state index < -0.39 is 11.8 Å². The molecule has 2 atom stereocenters. The number of hydrogen-bond donors (Lipinski definition) is 0. The predicted molar refractivity (Wildman–Crippen MR) is 106 cm³/mol. The SMILES string of the molecule is O=C(O[C@@H]1CC2(F)CCC1CC2)N1CCc2ccccc2[C@@H]1c1ccc(F)cc1. The molecule has 3 nitrogen and oxygen atoms in total. The molecular formula is C24H25F2NO2. The van der Waals surface area contributed by atoms with Crippen LogP contribution in [0.5, 0.6) is 0 Å². The molecule has 6 rings (SSSR count). The van der Waals surface area contributed by atoms with Gasteiger partial charge in [0.2, 0.25) is 0 Å². The number of ether oxygens (including phenoxy) is 1. The number of hydrogen-bond acceptors (Lipinski definition) is 2. The van der Waals surface area contributed by atoms with Gasteiger partial charge < -0.3 is 4.74 Å². The molecule has 0 spiro atoms. The number of halogens is 2. The minimum absolute atomic E-state index is 0.262. The summed E-state index contributed by atoms with van der Waals surface area (Å²) in [6.07, 6.45) is 3.06. The molecule has 0 saturated heterocycles. The van der Waals surface area contributed by atoms with E-state index in [0.717, 1.165) is 30.4 Å². The summed E-state index contributed by atoms with van der Waals surface area (Å²) in [5, 5.41) is 0. The van der Waals surface area contributed by atoms with Crippen LogP contribution in [-0.2, 0) is 11.2 Å². The van der Waals surface area contributed by atoms with Crippen LogP contribution in [0, 0.1) is 11.7 Å². The average Bonchev–Trinajstić information content (AvgIpc) is 2.73. The van der Waals surface area contributed by atoms with Crippen LogP contribution < -0.4 is 0 Å². The fourth-order valence-electron chi connectivity index (χ4n) is 5.36. The monoisotopic (exact) mass is 397 g/mol. The highest BCUT2D eigenvalue weighted by atomic mass is 19.1. The number of fused-ring (bicyclic) bond motifs is 4. The standard InChI is InChI=1S/C24H25F2NO2/c25-19-7-5-18(6-8-19)22-20-4-2-1-3-16(20)11-14-27(22)23(28)29-21-15-24(26)12-9-17(21)10-13-24/h1-8,17,21-22H,9-15H2/t17?,21-,22+,24?/m1/s1. The molecule has 1 aliphatic heterocycles. The van der Waals surface area contributed by atoms with Crippen molar-refractivity contribution >= 4 is 6.09 Å². The van der Waals surface area contributed by atoms with E-state index in [9.17, 15) is 13.6 Å². The highest BCUT2D eigenvalue weighted by Gasteiger charge is 2.48. The summed E-state index contributed by atoms with van der Waals surface area (Å²) in [5.74, 6) is -0.0450. The van der Waals surface area contributed by atoms with Crippen molar-refractivity contribution in [1.29, 1.82) is 0 Å². The molecule has 3 saturated carbocycles. The van der Waals surface area contributed by atoms with Gasteiger partial charge in [-0.25, -0.2) is 13.6 Å². The molecule has 2 aromatic rings. The van der Waals surface area contributed by atoms with Crippen molar-refractivity contribution in [2.45, 2.75) is 56.3 Å². The fourth-order valence-corrected chi connectivity index (χ4v) is 5.36. The quantitative estimate of drug-likeness (QED) is 0.662. The summed E-state index contributed by atoms with van der Waals surface area (Å²) >= 11 is 0. The molecule has 29 heavy (non-hydrogen) atoms. The first-order chi connectivity index (χ1) is 14.0. The summed E-state index contributed by atoms with van der Waals surface area (Å²) in [5.41, 5.74) is 1.90. The predicted octanol–water partition coefficient (Wildman–Crippen LogP) is 5.58. The molecule has 0 unspecified atom stereocenters. The van der Waals surface area contributed by atoms with E-state index in [4.69, 9.17) is 4.74 Å². The molecule has 0 aromatic heterocycles. The third-order valence-electron chi connectivity index (χ3n) is 6.97. The molecule has 1 heterocycles. The van der Waals surface area contributed by atoms with E-state index in [2.05, 4.69) is 6.07 Å². The van der Waals surface area contributed by atoms with Crippen molar-refractivity contribution in [3.05, 3.63) is 71.0 Å². The maximum atomic E-state index is 14.8. The van der Waals surface area contributed by atoms with Crippen molar-refractivity contribution < 1.29 is 18.3 Å². The summed E-state index contributed by atoms with van der Waals surface area (Å²) in [6, 6.07) is 14.0. The summed E-state index contributed by atoms with van der Waals surface area (Å²) in [6.45, 7) is 0.524. The first kappa shape index (κ1) is 18.6. The largest absolute Gasteiger partial charge is 0.446 e. The molecule has 2 bridgehead atoms. The van der Waals surface area contributed by atoms with E-state index in [-0.39, 0.29) is 23.9 Å². The van der Waals surface area contributed by atoms with Crippen molar-refractivity contribution in [2.75, 3.05) is 6.54 Å². The maximum absolute atomic E-state index is 14.8. The second-order valence-corrected chi connectivity index (χ2v) is 8.71. The molecule has 0 N–H and O–H groups in total. The van der Waals surface area contributed by atoms with Gasteiger partial charge >= 0.3 is 6.09 Å². The second kappa shape index (κ2) is 7.12. The zero-order valence-electron chi connectivity index (χ0n) is 16.3. The van der Waals surface area contributed by atoms with E-state index in [1.54, 1.807) is 17.0 Å². The van der Waals surface area contributed by atoms with Gasteiger partial charge in [0.05, 0.1) is 6.04 Å². The Morgan fingerprint density at radius 1 is 1.07 bits per heavy atom. The lowest BCUT2D eigenvalue weighted by Gasteiger charge is -2.46. The minimum Gasteiger partial charge on any atom is -0.446 e. The van der Waals surface area contributed by atoms with E-state index in [1.165, 1.54) is 17.7 Å². The Balaban J connectivity index is 1.43. The lowest BCUT2D eigenvalue weighted by molar-refractivity contribution is -0.0810. The highest BCUT2D eigenvalue weighted by Crippen LogP contribution is 2.48. The van der Waals surface area contributed by atoms with Crippen LogP contribution in [-0.4, -0.2) is 29.3 Å². The molecule has 0 radical (unpaired) electrons. The Hall–Kier alpha value is -2.43. The van der Waals surface area contributed by atoms with Gasteiger partial charge in [-0.15, -0.1) is 0 Å². The molecule has 3 aliphatic carbocycles. The minimum atomic E-state index is -1.18. The summed E-state index contributed by atoms with van der Waals surface area (Å²) < 4.78 is 34.2. The van der Waals surface area contributed by atoms with Crippen molar-refractivity contribution in [2.24, 2.45) is 5.92 Å². The summed E-state index contributed by atoms with van der Waals surface area (Å²) in [4.78, 5) is 14.9. The van der Waals surface area contributed by atoms with Crippen LogP contribution in [0.4, 0.5) is 13.6 Å². The topological polar surface area (TPSA) is 29.5 Å². The lowest BCUT2D eigenvalue weighted by Crippen LogP contribution is -2.49. The van der Waals surface area contributed by atoms with Crippen LogP contribution >= 0.6 is 0 Å². The Morgan fingerprint density at radius 2 is 1.79 bits per heavy atom. The van der Waals surface area contributed by atoms with E-state index >= 15 is 0 Å². The number of rotatable bonds is 2. The molecule has 152 valence electrons. The number of amides is 1. The fraction of sp³-hybridized carbons (Fsp3) is 0.458. The van der Waals surface area contributed by atoms with E-state index in [1.807, 2.05) is 18.2 Å². The number of benzene rings is 2. The normalized spacial score (nSPS) is 30.7. The maximum Gasteiger partial charge on any atom is 0.410 e. The Morgan fingerprint density at radius 3 is 2.52 bits per heavy atom. The van der Waals surface area contributed by atoms with E-state index in [0.29, 0.717) is 25.8 Å². The van der Waals surface area contributed by atoms with Crippen molar-refractivity contribution in [3.8, 4) is 0 Å². The van der Waals surface area contributed by atoms with Gasteiger partial charge in [0.25, 0.3) is 0 Å². The van der Waals surface area contributed by atoms with Gasteiger partial charge in [-0.3, -0.25) is 4.90 Å². The zero-order chi connectivity index (χ0) is 20.0. The van der Waals surface area contributed by atoms with Gasteiger partial charge in [-0.2, -0.15) is 0 Å². The van der Waals surface area contributed by atoms with Gasteiger partial charge in [-0.05, 0) is 66.8 Å². The van der Waals surface area contributed by atoms with Gasteiger partial charge in [-0.1, -0.05) is 36.4 Å². The lowest BCUT2D eigenvalue weighted by atomic mass is 9.67. The Kier molecular flexibility index (Phi) is 4.56. The van der Waals surface area contributed by atoms with Crippen LogP contribution in [0.1, 0.15) is 54.8 Å². The average molecular weight is 397 g/mol. The number of carbonyl (C=O) groups is 1. The van der Waals surface area contributed by atoms with Crippen LogP contribution in [0.15, 0.2) is 48.5 Å². The van der Waals surface area contributed by atoms with Crippen LogP contribution in [0.25, 0.3) is 0 Å². The Bertz CT molecular complexity index is 905. The van der Waals surface area contributed by atoms with Crippen molar-refractivity contribution in [3.63, 3.8) is 0 Å². The third-order valence-corrected chi connectivity index (χ3v) is 6.97. The van der Waals surface area contributed by atoms with Crippen LogP contribution in [0.3, 0.4) is 0 Å². The Labute approximate surface area is 169 Å².